The maximum Gasteiger partial charge on any atom is 0.322 e. The number of carbonyl (C=O) groups excluding carboxylic acids is 1. The van der Waals surface area contributed by atoms with Crippen molar-refractivity contribution in [2.24, 2.45) is 5.73 Å². The van der Waals surface area contributed by atoms with Crippen LogP contribution in [0.15, 0.2) is 48.5 Å². The molecule has 0 aromatic heterocycles. The van der Waals surface area contributed by atoms with E-state index < -0.39 is 12.0 Å². The summed E-state index contributed by atoms with van der Waals surface area (Å²) in [6.45, 7) is 0. The Labute approximate surface area is 135 Å². The normalized spacial score (nSPS) is 11.4. The summed E-state index contributed by atoms with van der Waals surface area (Å²) >= 11 is 6.30. The van der Waals surface area contributed by atoms with Crippen LogP contribution in [-0.4, -0.2) is 19.1 Å². The lowest BCUT2D eigenvalue weighted by Gasteiger charge is -2.11. The molecule has 0 radical (unpaired) electrons. The van der Waals surface area contributed by atoms with E-state index in [1.165, 1.54) is 7.11 Å². The Morgan fingerprint density at radius 2 is 1.90 bits per heavy atom. The molecule has 5 heteroatoms. The lowest BCUT2D eigenvalue weighted by molar-refractivity contribution is -0.142. The van der Waals surface area contributed by atoms with Crippen molar-refractivity contribution >= 4 is 30.0 Å². The molecule has 0 fully saturated rings. The maximum atomic E-state index is 11.3. The van der Waals surface area contributed by atoms with Gasteiger partial charge in [0.05, 0.1) is 7.11 Å². The van der Waals surface area contributed by atoms with Crippen LogP contribution in [0.5, 0.6) is 0 Å². The Morgan fingerprint density at radius 1 is 1.24 bits per heavy atom. The maximum absolute atomic E-state index is 11.3. The molecule has 0 unspecified atom stereocenters. The van der Waals surface area contributed by atoms with Crippen LogP contribution < -0.4 is 5.73 Å². The molecule has 21 heavy (non-hydrogen) atoms. The number of carbonyl (C=O) groups is 1. The molecule has 2 N–H and O–H groups in total. The van der Waals surface area contributed by atoms with Crippen LogP contribution >= 0.6 is 24.0 Å². The van der Waals surface area contributed by atoms with Crippen LogP contribution in [-0.2, 0) is 16.0 Å². The van der Waals surface area contributed by atoms with Crippen LogP contribution in [0.3, 0.4) is 0 Å². The molecule has 2 aromatic rings. The molecule has 2 rings (SSSR count). The molecule has 3 nitrogen and oxygen atoms in total. The third-order valence-electron chi connectivity index (χ3n) is 3.08. The number of hydrogen-bond acceptors (Lipinski definition) is 3. The van der Waals surface area contributed by atoms with Crippen molar-refractivity contribution in [1.82, 2.24) is 0 Å². The van der Waals surface area contributed by atoms with Crippen LogP contribution in [0.4, 0.5) is 0 Å². The van der Waals surface area contributed by atoms with E-state index in [-0.39, 0.29) is 12.4 Å². The van der Waals surface area contributed by atoms with Crippen LogP contribution in [0, 0.1) is 0 Å². The van der Waals surface area contributed by atoms with Gasteiger partial charge in [-0.05, 0) is 23.6 Å². The van der Waals surface area contributed by atoms with Gasteiger partial charge in [-0.25, -0.2) is 0 Å². The Bertz CT molecular complexity index is 602. The predicted molar refractivity (Wildman–Crippen MR) is 87.8 cm³/mol. The van der Waals surface area contributed by atoms with E-state index in [2.05, 4.69) is 4.74 Å². The Balaban J connectivity index is 0.00000220. The van der Waals surface area contributed by atoms with Gasteiger partial charge in [-0.15, -0.1) is 12.4 Å². The summed E-state index contributed by atoms with van der Waals surface area (Å²) in [5, 5.41) is 0.644. The monoisotopic (exact) mass is 325 g/mol. The average Bonchev–Trinajstić information content (AvgIpc) is 2.47. The predicted octanol–water partition coefficient (Wildman–Crippen LogP) is 3.47. The van der Waals surface area contributed by atoms with Gasteiger partial charge in [0.1, 0.15) is 6.04 Å². The third-order valence-corrected chi connectivity index (χ3v) is 3.39. The molecule has 0 aliphatic rings. The zero-order chi connectivity index (χ0) is 14.5. The molecular weight excluding hydrogens is 309 g/mol. The number of nitrogens with two attached hydrogens (primary N) is 1. The smallest absolute Gasteiger partial charge is 0.322 e. The molecular formula is C16H17Cl2NO2. The molecule has 0 spiro atoms. The first-order valence-corrected chi connectivity index (χ1v) is 6.67. The quantitative estimate of drug-likeness (QED) is 0.875. The molecule has 0 bridgehead atoms. The van der Waals surface area contributed by atoms with Crippen molar-refractivity contribution < 1.29 is 9.53 Å². The fraction of sp³-hybridized carbons (Fsp3) is 0.188. The van der Waals surface area contributed by atoms with E-state index in [4.69, 9.17) is 17.3 Å². The van der Waals surface area contributed by atoms with Crippen molar-refractivity contribution in [1.29, 1.82) is 0 Å². The number of benzene rings is 2. The number of methoxy groups -OCH3 is 1. The summed E-state index contributed by atoms with van der Waals surface area (Å²) in [6.07, 6.45) is 0.404. The van der Waals surface area contributed by atoms with Crippen molar-refractivity contribution in [2.75, 3.05) is 7.11 Å². The highest BCUT2D eigenvalue weighted by molar-refractivity contribution is 6.33. The zero-order valence-corrected chi connectivity index (χ0v) is 13.2. The van der Waals surface area contributed by atoms with Crippen molar-refractivity contribution in [3.8, 4) is 11.1 Å². The second-order valence-electron chi connectivity index (χ2n) is 4.51. The van der Waals surface area contributed by atoms with Gasteiger partial charge in [-0.3, -0.25) is 4.79 Å². The minimum absolute atomic E-state index is 0. The summed E-state index contributed by atoms with van der Waals surface area (Å²) in [4.78, 5) is 11.3. The van der Waals surface area contributed by atoms with E-state index in [9.17, 15) is 4.79 Å². The van der Waals surface area contributed by atoms with Crippen molar-refractivity contribution in [3.63, 3.8) is 0 Å². The molecule has 1 atom stereocenters. The van der Waals surface area contributed by atoms with Crippen LogP contribution in [0.2, 0.25) is 5.02 Å². The molecule has 2 aromatic carbocycles. The number of hydrogen-bond donors (Lipinski definition) is 1. The van der Waals surface area contributed by atoms with Crippen molar-refractivity contribution in [2.45, 2.75) is 12.5 Å². The first-order valence-electron chi connectivity index (χ1n) is 6.29. The SMILES string of the molecule is COC(=O)[C@@H](N)Cc1ccc(-c2ccccc2)c(Cl)c1.Cl. The number of rotatable bonds is 4. The van der Waals surface area contributed by atoms with Gasteiger partial charge in [0.25, 0.3) is 0 Å². The second-order valence-corrected chi connectivity index (χ2v) is 4.92. The standard InChI is InChI=1S/C16H16ClNO2.ClH/c1-20-16(19)15(18)10-11-7-8-13(14(17)9-11)12-5-3-2-4-6-12;/h2-9,15H,10,18H2,1H3;1H/t15-;/m0./s1. The van der Waals surface area contributed by atoms with Gasteiger partial charge < -0.3 is 10.5 Å². The van der Waals surface area contributed by atoms with Gasteiger partial charge in [-0.1, -0.05) is 54.1 Å². The fourth-order valence-corrected chi connectivity index (χ4v) is 2.34. The second kappa shape index (κ2) is 8.03. The van der Waals surface area contributed by atoms with E-state index in [0.717, 1.165) is 16.7 Å². The molecule has 0 aliphatic carbocycles. The fourth-order valence-electron chi connectivity index (χ4n) is 2.03. The highest BCUT2D eigenvalue weighted by Crippen LogP contribution is 2.28. The first kappa shape index (κ1) is 17.5. The molecule has 0 heterocycles. The molecule has 0 amide bonds. The van der Waals surface area contributed by atoms with E-state index in [1.807, 2.05) is 48.5 Å². The Morgan fingerprint density at radius 3 is 2.48 bits per heavy atom. The van der Waals surface area contributed by atoms with Crippen LogP contribution in [0.1, 0.15) is 5.56 Å². The van der Waals surface area contributed by atoms with E-state index >= 15 is 0 Å². The van der Waals surface area contributed by atoms with Crippen LogP contribution in [0.25, 0.3) is 11.1 Å². The molecule has 0 saturated heterocycles. The number of esters is 1. The van der Waals surface area contributed by atoms with Gasteiger partial charge in [-0.2, -0.15) is 0 Å². The Kier molecular flexibility index (Phi) is 6.69. The summed E-state index contributed by atoms with van der Waals surface area (Å²) in [6, 6.07) is 14.9. The number of ether oxygens (including phenoxy) is 1. The topological polar surface area (TPSA) is 52.3 Å². The highest BCUT2D eigenvalue weighted by Gasteiger charge is 2.15. The van der Waals surface area contributed by atoms with Gasteiger partial charge in [0.2, 0.25) is 0 Å². The summed E-state index contributed by atoms with van der Waals surface area (Å²) in [7, 11) is 1.33. The minimum Gasteiger partial charge on any atom is -0.468 e. The molecule has 0 aliphatic heterocycles. The third kappa shape index (κ3) is 4.46. The summed E-state index contributed by atoms with van der Waals surface area (Å²) in [5.41, 5.74) is 8.67. The van der Waals surface area contributed by atoms with E-state index in [1.54, 1.807) is 0 Å². The highest BCUT2D eigenvalue weighted by atomic mass is 35.5. The Hall–Kier alpha value is -1.55. The lowest BCUT2D eigenvalue weighted by Crippen LogP contribution is -2.33. The van der Waals surface area contributed by atoms with Gasteiger partial charge >= 0.3 is 5.97 Å². The summed E-state index contributed by atoms with van der Waals surface area (Å²) in [5.74, 6) is -0.423. The minimum atomic E-state index is -0.668. The van der Waals surface area contributed by atoms with E-state index in [0.29, 0.717) is 11.4 Å². The largest absolute Gasteiger partial charge is 0.468 e. The molecule has 112 valence electrons. The number of halogens is 2. The first-order chi connectivity index (χ1) is 9.61. The average molecular weight is 326 g/mol. The lowest BCUT2D eigenvalue weighted by atomic mass is 10.0. The van der Waals surface area contributed by atoms with Gasteiger partial charge in [0, 0.05) is 10.6 Å². The van der Waals surface area contributed by atoms with Gasteiger partial charge in [0.15, 0.2) is 0 Å². The molecule has 0 saturated carbocycles. The van der Waals surface area contributed by atoms with Crippen molar-refractivity contribution in [3.05, 3.63) is 59.1 Å². The summed E-state index contributed by atoms with van der Waals surface area (Å²) < 4.78 is 4.61. The zero-order valence-electron chi connectivity index (χ0n) is 11.6.